The van der Waals surface area contributed by atoms with Gasteiger partial charge in [-0.15, -0.1) is 0 Å². The lowest BCUT2D eigenvalue weighted by Gasteiger charge is -2.21. The molecule has 1 N–H and O–H groups in total. The van der Waals surface area contributed by atoms with Gasteiger partial charge in [-0.25, -0.2) is 13.2 Å². The monoisotopic (exact) mass is 474 g/mol. The minimum atomic E-state index is -3.84. The molecule has 1 fully saturated rings. The first-order valence-corrected chi connectivity index (χ1v) is 12.4. The number of aryl methyl sites for hydroxylation is 2. The maximum absolute atomic E-state index is 13.2. The zero-order valence-corrected chi connectivity index (χ0v) is 20.0. The fraction of sp³-hybridized carbons (Fsp3) is 0.417. The van der Waals surface area contributed by atoms with Crippen molar-refractivity contribution in [1.29, 1.82) is 0 Å². The van der Waals surface area contributed by atoms with Gasteiger partial charge >= 0.3 is 5.97 Å². The van der Waals surface area contributed by atoms with E-state index in [0.29, 0.717) is 18.8 Å². The zero-order valence-electron chi connectivity index (χ0n) is 19.2. The lowest BCUT2D eigenvalue weighted by Crippen LogP contribution is -2.32. The van der Waals surface area contributed by atoms with E-state index in [1.807, 2.05) is 32.0 Å². The van der Waals surface area contributed by atoms with Crippen LogP contribution in [0.4, 0.5) is 5.69 Å². The number of benzene rings is 2. The van der Waals surface area contributed by atoms with Crippen molar-refractivity contribution in [3.05, 3.63) is 53.1 Å². The molecule has 1 aliphatic heterocycles. The lowest BCUT2D eigenvalue weighted by atomic mass is 10.1. The van der Waals surface area contributed by atoms with Crippen LogP contribution < -0.4 is 10.1 Å². The van der Waals surface area contributed by atoms with Gasteiger partial charge in [-0.3, -0.25) is 4.79 Å². The number of methoxy groups -OCH3 is 1. The van der Waals surface area contributed by atoms with Crippen LogP contribution in [0.15, 0.2) is 41.3 Å². The number of esters is 1. The molecule has 1 amide bonds. The molecule has 0 unspecified atom stereocenters. The summed E-state index contributed by atoms with van der Waals surface area (Å²) in [5.41, 5.74) is 2.64. The average Bonchev–Trinajstić information content (AvgIpc) is 3.06. The molecule has 0 saturated carbocycles. The molecule has 0 spiro atoms. The van der Waals surface area contributed by atoms with Crippen LogP contribution >= 0.6 is 0 Å². The summed E-state index contributed by atoms with van der Waals surface area (Å²) in [5.74, 6) is -1.12. The van der Waals surface area contributed by atoms with Crippen molar-refractivity contribution in [2.24, 2.45) is 0 Å². The first-order chi connectivity index (χ1) is 15.7. The van der Waals surface area contributed by atoms with Gasteiger partial charge < -0.3 is 14.8 Å². The zero-order chi connectivity index (χ0) is 24.0. The normalized spacial score (nSPS) is 14.9. The third-order valence-corrected chi connectivity index (χ3v) is 7.34. The number of anilines is 1. The molecule has 0 radical (unpaired) electrons. The molecular weight excluding hydrogens is 444 g/mol. The van der Waals surface area contributed by atoms with Crippen molar-refractivity contribution in [2.75, 3.05) is 32.1 Å². The van der Waals surface area contributed by atoms with Crippen LogP contribution in [0.5, 0.6) is 5.75 Å². The van der Waals surface area contributed by atoms with Gasteiger partial charge in [-0.2, -0.15) is 4.31 Å². The van der Waals surface area contributed by atoms with Crippen LogP contribution in [0.3, 0.4) is 0 Å². The summed E-state index contributed by atoms with van der Waals surface area (Å²) in [4.78, 5) is 24.7. The number of carbonyl (C=O) groups is 2. The molecule has 2 aromatic carbocycles. The highest BCUT2D eigenvalue weighted by atomic mass is 32.2. The Kier molecular flexibility index (Phi) is 8.10. The number of ether oxygens (including phenoxy) is 2. The Balaban J connectivity index is 1.72. The lowest BCUT2D eigenvalue weighted by molar-refractivity contribution is -0.119. The van der Waals surface area contributed by atoms with E-state index >= 15 is 0 Å². The van der Waals surface area contributed by atoms with Crippen molar-refractivity contribution in [1.82, 2.24) is 4.31 Å². The first kappa shape index (κ1) is 24.7. The van der Waals surface area contributed by atoms with Gasteiger partial charge in [-0.05, 0) is 68.1 Å². The highest BCUT2D eigenvalue weighted by Gasteiger charge is 2.29. The largest absolute Gasteiger partial charge is 0.495 e. The molecule has 2 aromatic rings. The second kappa shape index (κ2) is 10.8. The number of hydrogen-bond acceptors (Lipinski definition) is 6. The Bertz CT molecular complexity index is 1100. The van der Waals surface area contributed by atoms with Crippen LogP contribution in [0.2, 0.25) is 0 Å². The van der Waals surface area contributed by atoms with Gasteiger partial charge in [-0.1, -0.05) is 18.9 Å². The second-order valence-corrected chi connectivity index (χ2v) is 10.1. The van der Waals surface area contributed by atoms with Gasteiger partial charge in [0.25, 0.3) is 5.91 Å². The summed E-state index contributed by atoms with van der Waals surface area (Å²) < 4.78 is 38.3. The molecule has 0 aromatic heterocycles. The highest BCUT2D eigenvalue weighted by molar-refractivity contribution is 7.89. The van der Waals surface area contributed by atoms with E-state index < -0.39 is 28.5 Å². The van der Waals surface area contributed by atoms with Crippen molar-refractivity contribution in [2.45, 2.75) is 44.4 Å². The number of amides is 1. The molecule has 8 nitrogen and oxygen atoms in total. The number of carbonyl (C=O) groups excluding carboxylic acids is 2. The van der Waals surface area contributed by atoms with Gasteiger partial charge in [0.1, 0.15) is 10.6 Å². The number of nitrogens with zero attached hydrogens (tertiary/aromatic N) is 1. The average molecular weight is 475 g/mol. The van der Waals surface area contributed by atoms with Gasteiger partial charge in [0, 0.05) is 18.8 Å². The third-order valence-electron chi connectivity index (χ3n) is 5.42. The third kappa shape index (κ3) is 6.33. The number of nitrogens with one attached hydrogen (secondary N) is 1. The maximum atomic E-state index is 13.2. The summed E-state index contributed by atoms with van der Waals surface area (Å²) in [5, 5.41) is 2.69. The molecule has 1 aliphatic rings. The Morgan fingerprint density at radius 3 is 2.21 bits per heavy atom. The van der Waals surface area contributed by atoms with Gasteiger partial charge in [0.15, 0.2) is 6.61 Å². The first-order valence-electron chi connectivity index (χ1n) is 10.9. The molecule has 1 saturated heterocycles. The fourth-order valence-corrected chi connectivity index (χ4v) is 5.58. The van der Waals surface area contributed by atoms with E-state index in [0.717, 1.165) is 36.8 Å². The molecule has 9 heteroatoms. The number of sulfonamides is 1. The maximum Gasteiger partial charge on any atom is 0.338 e. The standard InChI is InChI=1S/C24H30N2O6S/c1-17-12-18(2)14-20(13-17)25-23(27)16-32-24(28)19-8-9-21(31-3)22(15-19)33(29,30)26-10-6-4-5-7-11-26/h8-9,12-15H,4-7,10-11,16H2,1-3H3,(H,25,27). The van der Waals surface area contributed by atoms with Crippen molar-refractivity contribution >= 4 is 27.6 Å². The van der Waals surface area contributed by atoms with E-state index in [-0.39, 0.29) is 16.2 Å². The summed E-state index contributed by atoms with van der Waals surface area (Å²) in [6.07, 6.45) is 3.55. The quantitative estimate of drug-likeness (QED) is 0.615. The van der Waals surface area contributed by atoms with E-state index in [1.165, 1.54) is 29.6 Å². The summed E-state index contributed by atoms with van der Waals surface area (Å²) >= 11 is 0. The van der Waals surface area contributed by atoms with Crippen LogP contribution in [-0.2, 0) is 19.6 Å². The second-order valence-electron chi connectivity index (χ2n) is 8.18. The van der Waals surface area contributed by atoms with Crippen LogP contribution in [-0.4, -0.2) is 51.4 Å². The molecule has 0 atom stereocenters. The van der Waals surface area contributed by atoms with E-state index in [1.54, 1.807) is 0 Å². The fourth-order valence-electron chi connectivity index (χ4n) is 3.88. The molecule has 33 heavy (non-hydrogen) atoms. The minimum Gasteiger partial charge on any atom is -0.495 e. The summed E-state index contributed by atoms with van der Waals surface area (Å²) in [6, 6.07) is 9.72. The predicted molar refractivity (Wildman–Crippen MR) is 125 cm³/mol. The van der Waals surface area contributed by atoms with E-state index in [9.17, 15) is 18.0 Å². The molecule has 0 aliphatic carbocycles. The van der Waals surface area contributed by atoms with Gasteiger partial charge in [0.2, 0.25) is 10.0 Å². The van der Waals surface area contributed by atoms with Crippen molar-refractivity contribution in [3.63, 3.8) is 0 Å². The molecular formula is C24H30N2O6S. The van der Waals surface area contributed by atoms with Gasteiger partial charge in [0.05, 0.1) is 12.7 Å². The molecule has 3 rings (SSSR count). The molecule has 178 valence electrons. The van der Waals surface area contributed by atoms with Crippen molar-refractivity contribution < 1.29 is 27.5 Å². The predicted octanol–water partition coefficient (Wildman–Crippen LogP) is 3.67. The Morgan fingerprint density at radius 2 is 1.61 bits per heavy atom. The number of hydrogen-bond donors (Lipinski definition) is 1. The Hall–Kier alpha value is -2.91. The van der Waals surface area contributed by atoms with Crippen molar-refractivity contribution in [3.8, 4) is 5.75 Å². The summed E-state index contributed by atoms with van der Waals surface area (Å²) in [7, 11) is -2.46. The smallest absolute Gasteiger partial charge is 0.338 e. The van der Waals surface area contributed by atoms with Crippen LogP contribution in [0, 0.1) is 13.8 Å². The topological polar surface area (TPSA) is 102 Å². The summed E-state index contributed by atoms with van der Waals surface area (Å²) in [6.45, 7) is 4.21. The van der Waals surface area contributed by atoms with Crippen LogP contribution in [0.1, 0.15) is 47.2 Å². The minimum absolute atomic E-state index is 0.0309. The van der Waals surface area contributed by atoms with E-state index in [2.05, 4.69) is 5.32 Å². The van der Waals surface area contributed by atoms with E-state index in [4.69, 9.17) is 9.47 Å². The SMILES string of the molecule is COc1ccc(C(=O)OCC(=O)Nc2cc(C)cc(C)c2)cc1S(=O)(=O)N1CCCCCC1. The Morgan fingerprint density at radius 1 is 0.970 bits per heavy atom. The molecule has 1 heterocycles. The molecule has 0 bridgehead atoms. The number of rotatable bonds is 7. The Labute approximate surface area is 194 Å². The van der Waals surface area contributed by atoms with Crippen LogP contribution in [0.25, 0.3) is 0 Å². The highest BCUT2D eigenvalue weighted by Crippen LogP contribution is 2.29.